The van der Waals surface area contributed by atoms with Gasteiger partial charge in [0.25, 0.3) is 0 Å². The Balaban J connectivity index is 1.60. The smallest absolute Gasteiger partial charge is 0.339 e. The van der Waals surface area contributed by atoms with E-state index < -0.39 is 0 Å². The predicted octanol–water partition coefficient (Wildman–Crippen LogP) is 3.54. The molecule has 9 heteroatoms. The zero-order chi connectivity index (χ0) is 23.7. The topological polar surface area (TPSA) is 108 Å². The van der Waals surface area contributed by atoms with Gasteiger partial charge >= 0.3 is 5.69 Å². The zero-order valence-electron chi connectivity index (χ0n) is 18.2. The van der Waals surface area contributed by atoms with Gasteiger partial charge in [0.1, 0.15) is 23.3 Å². The van der Waals surface area contributed by atoms with Crippen LogP contribution in [0.5, 0.6) is 11.5 Å². The normalized spacial score (nSPS) is 10.9. The Labute approximate surface area is 194 Å². The second-order valence-electron chi connectivity index (χ2n) is 7.53. The number of nitrogen functional groups attached to an aromatic ring is 1. The molecular weight excluding hydrogens is 432 g/mol. The van der Waals surface area contributed by atoms with E-state index in [0.29, 0.717) is 46.1 Å². The van der Waals surface area contributed by atoms with Crippen molar-refractivity contribution >= 4 is 29.1 Å². The van der Waals surface area contributed by atoms with Crippen molar-refractivity contribution in [2.75, 3.05) is 17.7 Å². The Morgan fingerprint density at radius 2 is 1.47 bits per heavy atom. The molecule has 5 aromatic rings. The molecule has 0 radical (unpaired) electrons. The van der Waals surface area contributed by atoms with Crippen molar-refractivity contribution in [2.24, 2.45) is 0 Å². The van der Waals surface area contributed by atoms with E-state index in [0.717, 1.165) is 0 Å². The average Bonchev–Trinajstić information content (AvgIpc) is 3.18. The Morgan fingerprint density at radius 1 is 0.853 bits per heavy atom. The zero-order valence-corrected chi connectivity index (χ0v) is 18.2. The number of hydrogen-bond donors (Lipinski definition) is 1. The average molecular weight is 452 g/mol. The van der Waals surface area contributed by atoms with Gasteiger partial charge in [-0.2, -0.15) is 0 Å². The Morgan fingerprint density at radius 3 is 2.15 bits per heavy atom. The van der Waals surface area contributed by atoms with Gasteiger partial charge in [-0.05, 0) is 60.7 Å². The Hall–Kier alpha value is -4.92. The number of benzene rings is 3. The fraction of sp³-hybridized carbons (Fsp3) is 0.0400. The number of imidazole rings is 1. The molecule has 1 amide bonds. The molecule has 3 aromatic carbocycles. The van der Waals surface area contributed by atoms with Crippen LogP contribution < -0.4 is 21.1 Å². The van der Waals surface area contributed by atoms with Crippen LogP contribution >= 0.6 is 0 Å². The predicted molar refractivity (Wildman–Crippen MR) is 130 cm³/mol. The summed E-state index contributed by atoms with van der Waals surface area (Å²) in [6.07, 6.45) is 2.04. The van der Waals surface area contributed by atoms with Gasteiger partial charge in [0, 0.05) is 12.7 Å². The minimum absolute atomic E-state index is 0.183. The van der Waals surface area contributed by atoms with E-state index >= 15 is 0 Å². The second kappa shape index (κ2) is 8.55. The molecule has 0 aliphatic carbocycles. The number of rotatable bonds is 6. The lowest BCUT2D eigenvalue weighted by molar-refractivity contribution is -0.107. The molecule has 34 heavy (non-hydrogen) atoms. The van der Waals surface area contributed by atoms with Crippen molar-refractivity contribution < 1.29 is 9.53 Å². The highest BCUT2D eigenvalue weighted by Gasteiger charge is 2.20. The van der Waals surface area contributed by atoms with E-state index in [1.165, 1.54) is 20.4 Å². The summed E-state index contributed by atoms with van der Waals surface area (Å²) in [7, 11) is 1.65. The monoisotopic (exact) mass is 452 g/mol. The number of amides is 1. The second-order valence-corrected chi connectivity index (χ2v) is 7.53. The number of nitrogens with zero attached hydrogens (tertiary/aromatic N) is 5. The first-order valence-electron chi connectivity index (χ1n) is 10.4. The third-order valence-electron chi connectivity index (χ3n) is 5.40. The van der Waals surface area contributed by atoms with Gasteiger partial charge in [0.05, 0.1) is 11.4 Å². The van der Waals surface area contributed by atoms with E-state index in [2.05, 4.69) is 9.97 Å². The van der Waals surface area contributed by atoms with Crippen LogP contribution in [-0.2, 0) is 4.79 Å². The van der Waals surface area contributed by atoms with Gasteiger partial charge in [-0.15, -0.1) is 0 Å². The number of aromatic nitrogens is 4. The van der Waals surface area contributed by atoms with Crippen LogP contribution in [0.1, 0.15) is 0 Å². The summed E-state index contributed by atoms with van der Waals surface area (Å²) < 4.78 is 8.79. The van der Waals surface area contributed by atoms with Crippen LogP contribution in [-0.4, -0.2) is 32.6 Å². The van der Waals surface area contributed by atoms with Gasteiger partial charge in [-0.3, -0.25) is 9.36 Å². The summed E-state index contributed by atoms with van der Waals surface area (Å²) in [4.78, 5) is 34.5. The fourth-order valence-corrected chi connectivity index (χ4v) is 3.70. The largest absolute Gasteiger partial charge is 0.457 e. The molecule has 0 unspecified atom stereocenters. The molecule has 0 fully saturated rings. The first-order valence-corrected chi connectivity index (χ1v) is 10.4. The molecule has 2 N–H and O–H groups in total. The lowest BCUT2D eigenvalue weighted by atomic mass is 10.2. The van der Waals surface area contributed by atoms with E-state index in [4.69, 9.17) is 10.5 Å². The Kier molecular flexibility index (Phi) is 5.27. The minimum atomic E-state index is -0.351. The molecular formula is C25H20N6O3. The van der Waals surface area contributed by atoms with Crippen LogP contribution in [0.25, 0.3) is 22.5 Å². The number of ether oxygens (including phenoxy) is 1. The first kappa shape index (κ1) is 21.0. The lowest BCUT2D eigenvalue weighted by Gasteiger charge is -2.11. The van der Waals surface area contributed by atoms with Crippen molar-refractivity contribution in [1.29, 1.82) is 0 Å². The minimum Gasteiger partial charge on any atom is -0.457 e. The van der Waals surface area contributed by atoms with Crippen LogP contribution in [0.15, 0.2) is 90.0 Å². The maximum absolute atomic E-state index is 13.6. The van der Waals surface area contributed by atoms with E-state index in [1.54, 1.807) is 55.6 Å². The quantitative estimate of drug-likeness (QED) is 0.395. The molecule has 5 rings (SSSR count). The molecule has 0 aliphatic heterocycles. The number of anilines is 2. The van der Waals surface area contributed by atoms with Crippen molar-refractivity contribution in [3.8, 4) is 22.9 Å². The number of fused-ring (bicyclic) bond motifs is 1. The third-order valence-corrected chi connectivity index (χ3v) is 5.40. The van der Waals surface area contributed by atoms with Gasteiger partial charge in [-0.1, -0.05) is 18.2 Å². The fourth-order valence-electron chi connectivity index (χ4n) is 3.70. The summed E-state index contributed by atoms with van der Waals surface area (Å²) in [5, 5.41) is 0. The highest BCUT2D eigenvalue weighted by atomic mass is 16.5. The molecule has 2 heterocycles. The summed E-state index contributed by atoms with van der Waals surface area (Å²) in [5.41, 5.74) is 8.46. The molecule has 9 nitrogen and oxygen atoms in total. The summed E-state index contributed by atoms with van der Waals surface area (Å²) in [6.45, 7) is 0. The first-order chi connectivity index (χ1) is 16.6. The van der Waals surface area contributed by atoms with Gasteiger partial charge in [0.2, 0.25) is 6.41 Å². The Bertz CT molecular complexity index is 1520. The molecule has 0 atom stereocenters. The molecule has 2 aromatic heterocycles. The molecule has 0 bridgehead atoms. The van der Waals surface area contributed by atoms with Crippen LogP contribution in [0.3, 0.4) is 0 Å². The highest BCUT2D eigenvalue weighted by molar-refractivity contribution is 5.85. The summed E-state index contributed by atoms with van der Waals surface area (Å²) >= 11 is 0. The number of carbonyl (C=O) groups is 1. The lowest BCUT2D eigenvalue weighted by Crippen LogP contribution is -2.22. The van der Waals surface area contributed by atoms with E-state index in [-0.39, 0.29) is 11.5 Å². The maximum Gasteiger partial charge on any atom is 0.339 e. The van der Waals surface area contributed by atoms with Crippen LogP contribution in [0.2, 0.25) is 0 Å². The molecule has 0 saturated heterocycles. The molecule has 0 spiro atoms. The number of hydrogen-bond acceptors (Lipinski definition) is 6. The summed E-state index contributed by atoms with van der Waals surface area (Å²) in [6, 6.07) is 23.5. The van der Waals surface area contributed by atoms with Crippen molar-refractivity contribution in [2.45, 2.75) is 0 Å². The third kappa shape index (κ3) is 3.65. The number of carbonyl (C=O) groups excluding carboxylic acids is 1. The maximum atomic E-state index is 13.6. The highest BCUT2D eigenvalue weighted by Crippen LogP contribution is 2.26. The van der Waals surface area contributed by atoms with Gasteiger partial charge in [-0.25, -0.2) is 19.3 Å². The standard InChI is InChI=1S/C25H20N6O3/c1-29(16-32)17-7-9-19(10-8-17)31-24-22(23(26)27-15-28-24)30(25(31)33)18-11-13-21(14-12-18)34-20-5-3-2-4-6-20/h2-16H,1H3,(H2,26,27,28). The molecule has 0 aliphatic rings. The number of nitrogens with two attached hydrogens (primary N) is 1. The van der Waals surface area contributed by atoms with Gasteiger partial charge < -0.3 is 15.4 Å². The SMILES string of the molecule is CN(C=O)c1ccc(-n2c(=O)n(-c3ccc(Oc4ccccc4)cc3)c3c(N)ncnc32)cc1. The molecule has 168 valence electrons. The molecule has 0 saturated carbocycles. The van der Waals surface area contributed by atoms with E-state index in [1.807, 2.05) is 30.3 Å². The number of para-hydroxylation sites is 1. The van der Waals surface area contributed by atoms with Crippen molar-refractivity contribution in [3.63, 3.8) is 0 Å². The van der Waals surface area contributed by atoms with Crippen LogP contribution in [0, 0.1) is 0 Å². The van der Waals surface area contributed by atoms with E-state index in [9.17, 15) is 9.59 Å². The van der Waals surface area contributed by atoms with Gasteiger partial charge in [0.15, 0.2) is 11.5 Å². The van der Waals surface area contributed by atoms with Crippen LogP contribution in [0.4, 0.5) is 11.5 Å². The summed E-state index contributed by atoms with van der Waals surface area (Å²) in [5.74, 6) is 1.53. The van der Waals surface area contributed by atoms with Crippen molar-refractivity contribution in [3.05, 3.63) is 95.7 Å². The van der Waals surface area contributed by atoms with Crippen molar-refractivity contribution in [1.82, 2.24) is 19.1 Å².